The van der Waals surface area contributed by atoms with Crippen molar-refractivity contribution in [3.8, 4) is 0 Å². The molecule has 0 saturated heterocycles. The standard InChI is InChI=1S/C21H23ClFN3OS2/c1-14-5-10-17(22)20-19(14)24-21(29-20)26(12-4-11-25(2)3)18(27)13-28-16-8-6-15(23)7-9-16/h5-10H,4,11-13H2,1-3H3. The number of carbonyl (C=O) groups excluding carboxylic acids is 1. The van der Waals surface area contributed by atoms with E-state index in [0.29, 0.717) is 16.7 Å². The second-order valence-corrected chi connectivity index (χ2v) is 9.42. The number of aromatic nitrogens is 1. The molecule has 0 aliphatic heterocycles. The number of thioether (sulfide) groups is 1. The Balaban J connectivity index is 1.81. The van der Waals surface area contributed by atoms with E-state index in [1.165, 1.54) is 35.2 Å². The van der Waals surface area contributed by atoms with Gasteiger partial charge < -0.3 is 4.90 Å². The lowest BCUT2D eigenvalue weighted by Gasteiger charge is -2.21. The van der Waals surface area contributed by atoms with E-state index in [1.54, 1.807) is 17.0 Å². The number of hydrogen-bond acceptors (Lipinski definition) is 5. The van der Waals surface area contributed by atoms with Crippen LogP contribution in [0.5, 0.6) is 0 Å². The zero-order valence-electron chi connectivity index (χ0n) is 16.6. The number of carbonyl (C=O) groups is 1. The monoisotopic (exact) mass is 451 g/mol. The molecule has 0 unspecified atom stereocenters. The van der Waals surface area contributed by atoms with Crippen LogP contribution in [-0.4, -0.2) is 48.7 Å². The Morgan fingerprint density at radius 1 is 1.17 bits per heavy atom. The second-order valence-electron chi connectivity index (χ2n) is 6.98. The van der Waals surface area contributed by atoms with Crippen LogP contribution in [0.25, 0.3) is 10.2 Å². The Bertz CT molecular complexity index is 953. The van der Waals surface area contributed by atoms with E-state index in [2.05, 4.69) is 4.90 Å². The first-order valence-electron chi connectivity index (χ1n) is 9.24. The van der Waals surface area contributed by atoms with E-state index in [4.69, 9.17) is 16.6 Å². The summed E-state index contributed by atoms with van der Waals surface area (Å²) in [5.41, 5.74) is 1.88. The van der Waals surface area contributed by atoms with E-state index in [0.717, 1.165) is 33.6 Å². The molecule has 0 bridgehead atoms. The van der Waals surface area contributed by atoms with Crippen molar-refractivity contribution in [1.82, 2.24) is 9.88 Å². The number of nitrogens with zero attached hydrogens (tertiary/aromatic N) is 3. The van der Waals surface area contributed by atoms with Gasteiger partial charge in [-0.05, 0) is 69.9 Å². The molecule has 154 valence electrons. The van der Waals surface area contributed by atoms with Gasteiger partial charge in [-0.2, -0.15) is 0 Å². The van der Waals surface area contributed by atoms with Crippen LogP contribution >= 0.6 is 34.7 Å². The molecule has 1 aromatic heterocycles. The Morgan fingerprint density at radius 2 is 1.90 bits per heavy atom. The highest BCUT2D eigenvalue weighted by Crippen LogP contribution is 2.36. The van der Waals surface area contributed by atoms with Gasteiger partial charge >= 0.3 is 0 Å². The van der Waals surface area contributed by atoms with Gasteiger partial charge in [0.2, 0.25) is 5.91 Å². The maximum absolute atomic E-state index is 13.1. The molecule has 0 fully saturated rings. The van der Waals surface area contributed by atoms with Crippen LogP contribution in [0.4, 0.5) is 9.52 Å². The van der Waals surface area contributed by atoms with Crippen LogP contribution in [0.3, 0.4) is 0 Å². The van der Waals surface area contributed by atoms with Crippen molar-refractivity contribution in [3.63, 3.8) is 0 Å². The summed E-state index contributed by atoms with van der Waals surface area (Å²) in [4.78, 5) is 22.5. The summed E-state index contributed by atoms with van der Waals surface area (Å²) in [7, 11) is 4.02. The summed E-state index contributed by atoms with van der Waals surface area (Å²) in [5.74, 6) is -0.0467. The highest BCUT2D eigenvalue weighted by atomic mass is 35.5. The Morgan fingerprint density at radius 3 is 2.55 bits per heavy atom. The molecule has 8 heteroatoms. The number of anilines is 1. The van der Waals surface area contributed by atoms with Gasteiger partial charge in [0.15, 0.2) is 5.13 Å². The zero-order valence-corrected chi connectivity index (χ0v) is 19.0. The first-order chi connectivity index (χ1) is 13.8. The lowest BCUT2D eigenvalue weighted by atomic mass is 10.2. The predicted octanol–water partition coefficient (Wildman–Crippen LogP) is 5.47. The average Bonchev–Trinajstić information content (AvgIpc) is 3.14. The number of fused-ring (bicyclic) bond motifs is 1. The van der Waals surface area contributed by atoms with Gasteiger partial charge in [0.1, 0.15) is 5.82 Å². The van der Waals surface area contributed by atoms with Gasteiger partial charge in [-0.15, -0.1) is 11.8 Å². The van der Waals surface area contributed by atoms with Crippen molar-refractivity contribution in [2.45, 2.75) is 18.2 Å². The predicted molar refractivity (Wildman–Crippen MR) is 122 cm³/mol. The van der Waals surface area contributed by atoms with Crippen molar-refractivity contribution < 1.29 is 9.18 Å². The molecule has 1 amide bonds. The smallest absolute Gasteiger partial charge is 0.239 e. The molecule has 0 aliphatic carbocycles. The average molecular weight is 452 g/mol. The largest absolute Gasteiger partial charge is 0.309 e. The fourth-order valence-corrected chi connectivity index (χ4v) is 4.97. The van der Waals surface area contributed by atoms with Gasteiger partial charge in [0, 0.05) is 11.4 Å². The summed E-state index contributed by atoms with van der Waals surface area (Å²) < 4.78 is 14.0. The van der Waals surface area contributed by atoms with Gasteiger partial charge in [-0.25, -0.2) is 9.37 Å². The van der Waals surface area contributed by atoms with Crippen molar-refractivity contribution in [2.75, 3.05) is 37.8 Å². The molecule has 0 N–H and O–H groups in total. The van der Waals surface area contributed by atoms with E-state index < -0.39 is 0 Å². The molecule has 4 nitrogen and oxygen atoms in total. The fourth-order valence-electron chi connectivity index (χ4n) is 2.83. The third-order valence-corrected chi connectivity index (χ3v) is 6.92. The summed E-state index contributed by atoms with van der Waals surface area (Å²) >= 11 is 9.19. The maximum Gasteiger partial charge on any atom is 0.239 e. The lowest BCUT2D eigenvalue weighted by Crippen LogP contribution is -2.34. The van der Waals surface area contributed by atoms with Crippen LogP contribution in [-0.2, 0) is 4.79 Å². The quantitative estimate of drug-likeness (QED) is 0.425. The van der Waals surface area contributed by atoms with Gasteiger partial charge in [0.05, 0.1) is 21.0 Å². The molecule has 3 aromatic rings. The molecule has 0 saturated carbocycles. The molecule has 0 radical (unpaired) electrons. The number of aryl methyl sites for hydroxylation is 1. The van der Waals surface area contributed by atoms with Crippen molar-refractivity contribution in [3.05, 3.63) is 52.8 Å². The Kier molecular flexibility index (Phi) is 7.51. The number of amides is 1. The minimum atomic E-state index is -0.285. The normalized spacial score (nSPS) is 11.4. The summed E-state index contributed by atoms with van der Waals surface area (Å²) in [5, 5.41) is 1.32. The molecule has 2 aromatic carbocycles. The summed E-state index contributed by atoms with van der Waals surface area (Å²) in [6.07, 6.45) is 0.836. The van der Waals surface area contributed by atoms with Crippen LogP contribution in [0.15, 0.2) is 41.3 Å². The second kappa shape index (κ2) is 9.89. The van der Waals surface area contributed by atoms with E-state index in [1.807, 2.05) is 33.2 Å². The van der Waals surface area contributed by atoms with Crippen molar-refractivity contribution in [2.24, 2.45) is 0 Å². The number of benzene rings is 2. The number of hydrogen-bond donors (Lipinski definition) is 0. The molecule has 1 heterocycles. The van der Waals surface area contributed by atoms with Gasteiger partial charge in [0.25, 0.3) is 0 Å². The molecular formula is C21H23ClFN3OS2. The Labute approximate surface area is 183 Å². The van der Waals surface area contributed by atoms with E-state index in [9.17, 15) is 9.18 Å². The topological polar surface area (TPSA) is 36.4 Å². The molecular weight excluding hydrogens is 429 g/mol. The molecule has 0 aliphatic rings. The van der Waals surface area contributed by atoms with Crippen LogP contribution in [0.1, 0.15) is 12.0 Å². The maximum atomic E-state index is 13.1. The third-order valence-electron chi connectivity index (χ3n) is 4.38. The van der Waals surface area contributed by atoms with Gasteiger partial charge in [-0.1, -0.05) is 29.0 Å². The van der Waals surface area contributed by atoms with E-state index >= 15 is 0 Å². The van der Waals surface area contributed by atoms with Crippen molar-refractivity contribution >= 4 is 56.0 Å². The SMILES string of the molecule is Cc1ccc(Cl)c2sc(N(CCCN(C)C)C(=O)CSc3ccc(F)cc3)nc12. The highest BCUT2D eigenvalue weighted by Gasteiger charge is 2.21. The van der Waals surface area contributed by atoms with Crippen molar-refractivity contribution in [1.29, 1.82) is 0 Å². The summed E-state index contributed by atoms with van der Waals surface area (Å²) in [6, 6.07) is 9.98. The molecule has 0 spiro atoms. The Hall–Kier alpha value is -1.67. The first-order valence-corrected chi connectivity index (χ1v) is 11.4. The van der Waals surface area contributed by atoms with Crippen LogP contribution < -0.4 is 4.90 Å². The lowest BCUT2D eigenvalue weighted by molar-refractivity contribution is -0.116. The van der Waals surface area contributed by atoms with Crippen LogP contribution in [0.2, 0.25) is 5.02 Å². The zero-order chi connectivity index (χ0) is 21.0. The third kappa shape index (κ3) is 5.69. The minimum Gasteiger partial charge on any atom is -0.309 e. The number of thiazole rings is 1. The fraction of sp³-hybridized carbons (Fsp3) is 0.333. The van der Waals surface area contributed by atoms with Gasteiger partial charge in [-0.3, -0.25) is 9.69 Å². The highest BCUT2D eigenvalue weighted by molar-refractivity contribution is 8.00. The molecule has 0 atom stereocenters. The van der Waals surface area contributed by atoms with E-state index in [-0.39, 0.29) is 17.5 Å². The minimum absolute atomic E-state index is 0.0223. The first kappa shape index (κ1) is 22.0. The van der Waals surface area contributed by atoms with Crippen LogP contribution in [0, 0.1) is 12.7 Å². The molecule has 3 rings (SSSR count). The number of rotatable bonds is 8. The molecule has 29 heavy (non-hydrogen) atoms. The summed E-state index contributed by atoms with van der Waals surface area (Å²) in [6.45, 7) is 3.45. The number of halogens is 2.